The fourth-order valence-corrected chi connectivity index (χ4v) is 3.04. The van der Waals surface area contributed by atoms with Crippen molar-refractivity contribution in [3.05, 3.63) is 24.2 Å². The zero-order valence-corrected chi connectivity index (χ0v) is 14.4. The van der Waals surface area contributed by atoms with Crippen LogP contribution in [-0.2, 0) is 6.42 Å². The van der Waals surface area contributed by atoms with Gasteiger partial charge in [0.2, 0.25) is 0 Å². The molecule has 0 spiro atoms. The van der Waals surface area contributed by atoms with Gasteiger partial charge in [-0.1, -0.05) is 26.7 Å². The summed E-state index contributed by atoms with van der Waals surface area (Å²) in [5, 5.41) is 16.4. The molecule has 0 radical (unpaired) electrons. The van der Waals surface area contributed by atoms with E-state index in [0.717, 1.165) is 24.6 Å². The van der Waals surface area contributed by atoms with E-state index >= 15 is 0 Å². The molecule has 0 aromatic carbocycles. The average molecular weight is 321 g/mol. The van der Waals surface area contributed by atoms with E-state index in [1.165, 1.54) is 25.7 Å². The lowest BCUT2D eigenvalue weighted by Crippen LogP contribution is -2.51. The molecular weight excluding hydrogens is 290 g/mol. The second kappa shape index (κ2) is 9.60. The van der Waals surface area contributed by atoms with E-state index < -0.39 is 0 Å². The molecule has 3 N–H and O–H groups in total. The summed E-state index contributed by atoms with van der Waals surface area (Å²) >= 11 is 0. The highest BCUT2D eigenvalue weighted by Crippen LogP contribution is 2.23. The van der Waals surface area contributed by atoms with Gasteiger partial charge in [0.05, 0.1) is 18.9 Å². The molecule has 1 aliphatic carbocycles. The number of hydrogen-bond acceptors (Lipinski definition) is 3. The van der Waals surface area contributed by atoms with Crippen LogP contribution in [0.1, 0.15) is 51.7 Å². The second-order valence-corrected chi connectivity index (χ2v) is 6.50. The van der Waals surface area contributed by atoms with E-state index in [2.05, 4.69) is 29.5 Å². The monoisotopic (exact) mass is 321 g/mol. The maximum Gasteiger partial charge on any atom is 0.191 e. The molecule has 1 aromatic rings. The molecule has 0 saturated heterocycles. The standard InChI is InChI=1S/C18H31N3O2/c1-3-15(13-22)20-18(19-11-10-16-8-6-12-23-16)21-17-9-5-4-7-14(17)2/h6,8,12,14-15,17,22H,3-5,7,9-11,13H2,1-2H3,(H2,19,20,21)/t14?,15-,17?/m1/s1. The minimum atomic E-state index is 0.0451. The number of furan rings is 1. The Morgan fingerprint density at radius 1 is 1.43 bits per heavy atom. The van der Waals surface area contributed by atoms with Crippen LogP contribution >= 0.6 is 0 Å². The minimum absolute atomic E-state index is 0.0451. The molecule has 23 heavy (non-hydrogen) atoms. The lowest BCUT2D eigenvalue weighted by atomic mass is 9.86. The molecule has 130 valence electrons. The van der Waals surface area contributed by atoms with Gasteiger partial charge < -0.3 is 20.2 Å². The van der Waals surface area contributed by atoms with Crippen molar-refractivity contribution in [2.75, 3.05) is 13.2 Å². The zero-order chi connectivity index (χ0) is 16.5. The maximum atomic E-state index is 9.45. The third kappa shape index (κ3) is 5.90. The quantitative estimate of drug-likeness (QED) is 0.533. The number of aliphatic hydroxyl groups is 1. The van der Waals surface area contributed by atoms with Gasteiger partial charge >= 0.3 is 0 Å². The Balaban J connectivity index is 1.94. The summed E-state index contributed by atoms with van der Waals surface area (Å²) in [5.74, 6) is 2.43. The first-order valence-corrected chi connectivity index (χ1v) is 8.93. The van der Waals surface area contributed by atoms with E-state index in [-0.39, 0.29) is 12.6 Å². The Bertz CT molecular complexity index is 455. The van der Waals surface area contributed by atoms with Crippen molar-refractivity contribution in [3.8, 4) is 0 Å². The molecule has 5 heteroatoms. The van der Waals surface area contributed by atoms with Gasteiger partial charge in [-0.15, -0.1) is 0 Å². The van der Waals surface area contributed by atoms with E-state index in [4.69, 9.17) is 4.42 Å². The predicted molar refractivity (Wildman–Crippen MR) is 93.6 cm³/mol. The van der Waals surface area contributed by atoms with Crippen molar-refractivity contribution < 1.29 is 9.52 Å². The van der Waals surface area contributed by atoms with E-state index in [1.807, 2.05) is 12.1 Å². The van der Waals surface area contributed by atoms with Crippen LogP contribution in [0, 0.1) is 5.92 Å². The van der Waals surface area contributed by atoms with Crippen LogP contribution in [0.25, 0.3) is 0 Å². The molecule has 0 bridgehead atoms. The van der Waals surface area contributed by atoms with Crippen LogP contribution in [0.5, 0.6) is 0 Å². The third-order valence-corrected chi connectivity index (χ3v) is 4.70. The van der Waals surface area contributed by atoms with Gasteiger partial charge in [-0.25, -0.2) is 0 Å². The summed E-state index contributed by atoms with van der Waals surface area (Å²) in [5.41, 5.74) is 0. The number of hydrogen-bond donors (Lipinski definition) is 3. The summed E-state index contributed by atoms with van der Waals surface area (Å²) in [6.07, 6.45) is 8.42. The van der Waals surface area contributed by atoms with Crippen molar-refractivity contribution in [1.82, 2.24) is 10.6 Å². The molecule has 1 fully saturated rings. The van der Waals surface area contributed by atoms with Crippen molar-refractivity contribution in [1.29, 1.82) is 0 Å². The molecule has 5 nitrogen and oxygen atoms in total. The van der Waals surface area contributed by atoms with Gasteiger partial charge in [-0.05, 0) is 37.3 Å². The molecule has 1 aliphatic rings. The molecule has 0 amide bonds. The van der Waals surface area contributed by atoms with Crippen LogP contribution in [0.4, 0.5) is 0 Å². The number of guanidine groups is 1. The molecular formula is C18H31N3O2. The third-order valence-electron chi connectivity index (χ3n) is 4.70. The average Bonchev–Trinajstić information content (AvgIpc) is 3.07. The van der Waals surface area contributed by atoms with E-state index in [1.54, 1.807) is 6.26 Å². The Labute approximate surface area is 139 Å². The highest BCUT2D eigenvalue weighted by Gasteiger charge is 2.22. The number of aliphatic hydroxyl groups excluding tert-OH is 1. The van der Waals surface area contributed by atoms with Crippen molar-refractivity contribution in [2.45, 2.75) is 64.5 Å². The molecule has 0 aliphatic heterocycles. The molecule has 2 rings (SSSR count). The van der Waals surface area contributed by atoms with Crippen molar-refractivity contribution >= 4 is 5.96 Å². The molecule has 2 unspecified atom stereocenters. The largest absolute Gasteiger partial charge is 0.469 e. The summed E-state index contributed by atoms with van der Waals surface area (Å²) < 4.78 is 5.36. The molecule has 1 heterocycles. The fraction of sp³-hybridized carbons (Fsp3) is 0.722. The van der Waals surface area contributed by atoms with Gasteiger partial charge in [0.15, 0.2) is 5.96 Å². The smallest absolute Gasteiger partial charge is 0.191 e. The van der Waals surface area contributed by atoms with E-state index in [0.29, 0.717) is 18.5 Å². The normalized spacial score (nSPS) is 23.5. The highest BCUT2D eigenvalue weighted by molar-refractivity contribution is 5.80. The summed E-state index contributed by atoms with van der Waals surface area (Å²) in [7, 11) is 0. The zero-order valence-electron chi connectivity index (χ0n) is 14.4. The maximum absolute atomic E-state index is 9.45. The lowest BCUT2D eigenvalue weighted by Gasteiger charge is -2.31. The first-order valence-electron chi connectivity index (χ1n) is 8.93. The number of rotatable bonds is 7. The summed E-state index contributed by atoms with van der Waals surface area (Å²) in [6, 6.07) is 4.39. The van der Waals surface area contributed by atoms with Crippen LogP contribution < -0.4 is 10.6 Å². The van der Waals surface area contributed by atoms with Gasteiger partial charge in [-0.3, -0.25) is 4.99 Å². The van der Waals surface area contributed by atoms with Crippen LogP contribution in [0.3, 0.4) is 0 Å². The number of nitrogens with zero attached hydrogens (tertiary/aromatic N) is 1. The van der Waals surface area contributed by atoms with Crippen LogP contribution in [0.2, 0.25) is 0 Å². The Morgan fingerprint density at radius 2 is 2.26 bits per heavy atom. The van der Waals surface area contributed by atoms with E-state index in [9.17, 15) is 5.11 Å². The fourth-order valence-electron chi connectivity index (χ4n) is 3.04. The minimum Gasteiger partial charge on any atom is -0.469 e. The van der Waals surface area contributed by atoms with Crippen LogP contribution in [-0.4, -0.2) is 36.3 Å². The Morgan fingerprint density at radius 3 is 2.91 bits per heavy atom. The molecule has 3 atom stereocenters. The predicted octanol–water partition coefficient (Wildman–Crippen LogP) is 2.71. The first kappa shape index (κ1) is 17.9. The topological polar surface area (TPSA) is 69.8 Å². The van der Waals surface area contributed by atoms with Crippen molar-refractivity contribution in [2.24, 2.45) is 10.9 Å². The van der Waals surface area contributed by atoms with Gasteiger partial charge in [0, 0.05) is 19.0 Å². The molecule has 1 saturated carbocycles. The summed E-state index contributed by atoms with van der Waals surface area (Å²) in [4.78, 5) is 4.69. The second-order valence-electron chi connectivity index (χ2n) is 6.50. The van der Waals surface area contributed by atoms with Crippen molar-refractivity contribution in [3.63, 3.8) is 0 Å². The van der Waals surface area contributed by atoms with Gasteiger partial charge in [0.25, 0.3) is 0 Å². The number of aliphatic imine (C=N–C) groups is 1. The van der Waals surface area contributed by atoms with Crippen LogP contribution in [0.15, 0.2) is 27.8 Å². The molecule has 1 aromatic heterocycles. The Hall–Kier alpha value is -1.49. The SMILES string of the molecule is CC[C@H](CO)NC(=NCCc1ccco1)NC1CCCCC1C. The first-order chi connectivity index (χ1) is 11.2. The highest BCUT2D eigenvalue weighted by atomic mass is 16.3. The summed E-state index contributed by atoms with van der Waals surface area (Å²) in [6.45, 7) is 5.17. The van der Waals surface area contributed by atoms with Gasteiger partial charge in [0.1, 0.15) is 5.76 Å². The Kier molecular flexibility index (Phi) is 7.46. The lowest BCUT2D eigenvalue weighted by molar-refractivity contribution is 0.249. The van der Waals surface area contributed by atoms with Gasteiger partial charge in [-0.2, -0.15) is 0 Å². The number of nitrogens with one attached hydrogen (secondary N) is 2.